The molecule has 4 rings (SSSR count). The molecule has 0 bridgehead atoms. The summed E-state index contributed by atoms with van der Waals surface area (Å²) in [5.41, 5.74) is 1.12. The number of amides is 2. The first kappa shape index (κ1) is 15.1. The fourth-order valence-corrected chi connectivity index (χ4v) is 2.54. The number of nitrogens with zero attached hydrogens (tertiary/aromatic N) is 3. The second kappa shape index (κ2) is 6.20. The summed E-state index contributed by atoms with van der Waals surface area (Å²) in [6.07, 6.45) is 1.35. The van der Waals surface area contributed by atoms with Crippen LogP contribution in [-0.2, 0) is 0 Å². The molecule has 0 spiro atoms. The Balaban J connectivity index is 1.28. The average molecular weight is 338 g/mol. The summed E-state index contributed by atoms with van der Waals surface area (Å²) in [4.78, 5) is 17.9. The van der Waals surface area contributed by atoms with Gasteiger partial charge < -0.3 is 24.4 Å². The minimum Gasteiger partial charge on any atom is -0.471 e. The Morgan fingerprint density at radius 1 is 1.28 bits per heavy atom. The monoisotopic (exact) mass is 338 g/mol. The fraction of sp³-hybridized carbons (Fsp3) is 0.235. The third-order valence-corrected chi connectivity index (χ3v) is 3.91. The molecule has 8 heteroatoms. The average Bonchev–Trinajstić information content (AvgIpc) is 3.06. The van der Waals surface area contributed by atoms with Gasteiger partial charge in [-0.15, -0.1) is 0 Å². The van der Waals surface area contributed by atoms with Gasteiger partial charge in [0.05, 0.1) is 18.7 Å². The van der Waals surface area contributed by atoms with Gasteiger partial charge in [0.1, 0.15) is 12.2 Å². The zero-order valence-electron chi connectivity index (χ0n) is 13.1. The summed E-state index contributed by atoms with van der Waals surface area (Å²) >= 11 is 0. The smallest absolute Gasteiger partial charge is 0.322 e. The highest BCUT2D eigenvalue weighted by atomic mass is 16.7. The summed E-state index contributed by atoms with van der Waals surface area (Å²) in [5, 5.41) is 11.6. The molecule has 1 N–H and O–H groups in total. The Bertz CT molecular complexity index is 841. The number of carbonyl (C=O) groups excluding carboxylic acids is 1. The van der Waals surface area contributed by atoms with Crippen LogP contribution in [-0.4, -0.2) is 41.9 Å². The van der Waals surface area contributed by atoms with Gasteiger partial charge in [0, 0.05) is 24.0 Å². The van der Waals surface area contributed by atoms with Gasteiger partial charge in [-0.3, -0.25) is 0 Å². The molecular weight excluding hydrogens is 324 g/mol. The number of nitrogens with one attached hydrogen (secondary N) is 1. The molecule has 0 saturated carbocycles. The van der Waals surface area contributed by atoms with Crippen molar-refractivity contribution in [1.29, 1.82) is 5.26 Å². The Morgan fingerprint density at radius 2 is 2.12 bits per heavy atom. The van der Waals surface area contributed by atoms with E-state index in [9.17, 15) is 4.79 Å². The number of pyridine rings is 1. The standard InChI is InChI=1S/C17H14N4O4/c18-6-11-1-4-16(19-7-11)25-13-8-21(9-13)17(22)20-12-2-3-14-15(5-12)24-10-23-14/h1-5,7,13H,8-10H2,(H,20,22). The van der Waals surface area contributed by atoms with Crippen LogP contribution >= 0.6 is 0 Å². The van der Waals surface area contributed by atoms with E-state index in [1.807, 2.05) is 6.07 Å². The van der Waals surface area contributed by atoms with Crippen LogP contribution < -0.4 is 19.5 Å². The predicted octanol–water partition coefficient (Wildman–Crippen LogP) is 1.98. The number of aromatic nitrogens is 1. The molecule has 0 aliphatic carbocycles. The summed E-state index contributed by atoms with van der Waals surface area (Å²) in [6, 6.07) is 10.3. The van der Waals surface area contributed by atoms with Crippen LogP contribution in [0.4, 0.5) is 10.5 Å². The van der Waals surface area contributed by atoms with Gasteiger partial charge in [0.2, 0.25) is 12.7 Å². The normalized spacial score (nSPS) is 15.2. The van der Waals surface area contributed by atoms with E-state index in [2.05, 4.69) is 10.3 Å². The minimum atomic E-state index is -0.202. The number of rotatable bonds is 3. The highest BCUT2D eigenvalue weighted by Gasteiger charge is 2.32. The number of nitriles is 1. The number of anilines is 1. The van der Waals surface area contributed by atoms with Crippen LogP contribution in [0.3, 0.4) is 0 Å². The minimum absolute atomic E-state index is 0.108. The van der Waals surface area contributed by atoms with E-state index >= 15 is 0 Å². The lowest BCUT2D eigenvalue weighted by molar-refractivity contribution is 0.0461. The molecular formula is C17H14N4O4. The molecule has 8 nitrogen and oxygen atoms in total. The van der Waals surface area contributed by atoms with E-state index in [1.165, 1.54) is 6.20 Å². The van der Waals surface area contributed by atoms with Crippen molar-refractivity contribution < 1.29 is 19.0 Å². The summed E-state index contributed by atoms with van der Waals surface area (Å²) in [6.45, 7) is 1.14. The first-order chi connectivity index (χ1) is 12.2. The Hall–Kier alpha value is -3.47. The molecule has 2 aliphatic rings. The molecule has 0 unspecified atom stereocenters. The first-order valence-electron chi connectivity index (χ1n) is 7.69. The lowest BCUT2D eigenvalue weighted by Gasteiger charge is -2.38. The fourth-order valence-electron chi connectivity index (χ4n) is 2.54. The molecule has 0 atom stereocenters. The molecule has 1 fully saturated rings. The van der Waals surface area contributed by atoms with Crippen molar-refractivity contribution in [3.63, 3.8) is 0 Å². The first-order valence-corrected chi connectivity index (χ1v) is 7.69. The number of ether oxygens (including phenoxy) is 3. The largest absolute Gasteiger partial charge is 0.471 e. The molecule has 1 saturated heterocycles. The van der Waals surface area contributed by atoms with Gasteiger partial charge in [0.15, 0.2) is 11.5 Å². The van der Waals surface area contributed by atoms with Crippen molar-refractivity contribution >= 4 is 11.7 Å². The zero-order valence-corrected chi connectivity index (χ0v) is 13.1. The van der Waals surface area contributed by atoms with Crippen LogP contribution in [0.2, 0.25) is 0 Å². The van der Waals surface area contributed by atoms with Crippen molar-refractivity contribution in [1.82, 2.24) is 9.88 Å². The SMILES string of the molecule is N#Cc1ccc(OC2CN(C(=O)Nc3ccc4c(c3)OCO4)C2)nc1. The third kappa shape index (κ3) is 3.12. The molecule has 25 heavy (non-hydrogen) atoms. The maximum Gasteiger partial charge on any atom is 0.322 e. The Kier molecular flexibility index (Phi) is 3.74. The van der Waals surface area contributed by atoms with Gasteiger partial charge in [0.25, 0.3) is 0 Å². The second-order valence-electron chi connectivity index (χ2n) is 5.64. The predicted molar refractivity (Wildman–Crippen MR) is 86.5 cm³/mol. The van der Waals surface area contributed by atoms with E-state index in [-0.39, 0.29) is 18.9 Å². The molecule has 2 aliphatic heterocycles. The van der Waals surface area contributed by atoms with E-state index < -0.39 is 0 Å². The highest BCUT2D eigenvalue weighted by Crippen LogP contribution is 2.34. The topological polar surface area (TPSA) is 96.7 Å². The summed E-state index contributed by atoms with van der Waals surface area (Å²) in [5.74, 6) is 1.74. The quantitative estimate of drug-likeness (QED) is 0.919. The van der Waals surface area contributed by atoms with Crippen molar-refractivity contribution in [2.45, 2.75) is 6.10 Å². The second-order valence-corrected chi connectivity index (χ2v) is 5.64. The number of urea groups is 1. The lowest BCUT2D eigenvalue weighted by atomic mass is 10.2. The molecule has 2 amide bonds. The van der Waals surface area contributed by atoms with Crippen LogP contribution in [0.25, 0.3) is 0 Å². The molecule has 1 aromatic heterocycles. The van der Waals surface area contributed by atoms with Crippen molar-refractivity contribution in [3.05, 3.63) is 42.1 Å². The van der Waals surface area contributed by atoms with Gasteiger partial charge in [-0.25, -0.2) is 9.78 Å². The van der Waals surface area contributed by atoms with Crippen LogP contribution in [0.1, 0.15) is 5.56 Å². The number of likely N-dealkylation sites (tertiary alicyclic amines) is 1. The summed E-state index contributed by atoms with van der Waals surface area (Å²) < 4.78 is 16.2. The molecule has 3 heterocycles. The highest BCUT2D eigenvalue weighted by molar-refractivity contribution is 5.90. The molecule has 0 radical (unpaired) electrons. The Labute approximate surface area is 143 Å². The van der Waals surface area contributed by atoms with E-state index in [1.54, 1.807) is 35.2 Å². The van der Waals surface area contributed by atoms with Crippen molar-refractivity contribution in [2.24, 2.45) is 0 Å². The zero-order chi connectivity index (χ0) is 17.2. The molecule has 2 aromatic rings. The van der Waals surface area contributed by atoms with E-state index in [0.29, 0.717) is 41.7 Å². The van der Waals surface area contributed by atoms with Gasteiger partial charge in [-0.1, -0.05) is 0 Å². The number of carbonyl (C=O) groups is 1. The van der Waals surface area contributed by atoms with E-state index in [4.69, 9.17) is 19.5 Å². The van der Waals surface area contributed by atoms with E-state index in [0.717, 1.165) is 0 Å². The van der Waals surface area contributed by atoms with Crippen molar-refractivity contribution in [2.75, 3.05) is 25.2 Å². The van der Waals surface area contributed by atoms with Gasteiger partial charge in [-0.05, 0) is 18.2 Å². The van der Waals surface area contributed by atoms with Gasteiger partial charge in [-0.2, -0.15) is 5.26 Å². The number of hydrogen-bond acceptors (Lipinski definition) is 6. The summed E-state index contributed by atoms with van der Waals surface area (Å²) in [7, 11) is 0. The maximum atomic E-state index is 12.2. The maximum absolute atomic E-state index is 12.2. The number of hydrogen-bond donors (Lipinski definition) is 1. The Morgan fingerprint density at radius 3 is 2.88 bits per heavy atom. The number of benzene rings is 1. The van der Waals surface area contributed by atoms with Gasteiger partial charge >= 0.3 is 6.03 Å². The molecule has 1 aromatic carbocycles. The number of fused-ring (bicyclic) bond motifs is 1. The van der Waals surface area contributed by atoms with Crippen molar-refractivity contribution in [3.8, 4) is 23.4 Å². The van der Waals surface area contributed by atoms with Crippen LogP contribution in [0.5, 0.6) is 17.4 Å². The third-order valence-electron chi connectivity index (χ3n) is 3.91. The van der Waals surface area contributed by atoms with Crippen LogP contribution in [0.15, 0.2) is 36.5 Å². The lowest BCUT2D eigenvalue weighted by Crippen LogP contribution is -2.57. The van der Waals surface area contributed by atoms with Crippen LogP contribution in [0, 0.1) is 11.3 Å². The molecule has 126 valence electrons.